The lowest BCUT2D eigenvalue weighted by atomic mass is 9.98. The number of nitrogens with zero attached hydrogens (tertiary/aromatic N) is 4. The molecule has 2 heterocycles. The first-order valence-corrected chi connectivity index (χ1v) is 8.16. The molecule has 0 saturated heterocycles. The van der Waals surface area contributed by atoms with Crippen LogP contribution in [0.1, 0.15) is 5.56 Å². The van der Waals surface area contributed by atoms with Gasteiger partial charge in [0.1, 0.15) is 0 Å². The third-order valence-corrected chi connectivity index (χ3v) is 4.15. The first-order chi connectivity index (χ1) is 13.3. The number of benzene rings is 2. The van der Waals surface area contributed by atoms with Crippen LogP contribution in [0.25, 0.3) is 33.9 Å². The van der Waals surface area contributed by atoms with Gasteiger partial charge in [-0.25, -0.2) is 10.6 Å². The SMILES string of the molecule is O=C(Cc1c(-c2cccc(-c3nnn[nH]3)c2)n[nH]c1-c1ccccc1)NO. The predicted molar refractivity (Wildman–Crippen MR) is 96.3 cm³/mol. The number of carbonyl (C=O) groups is 1. The second-order valence-electron chi connectivity index (χ2n) is 5.83. The summed E-state index contributed by atoms with van der Waals surface area (Å²) in [5, 5.41) is 30.2. The van der Waals surface area contributed by atoms with Gasteiger partial charge < -0.3 is 0 Å². The molecule has 0 fully saturated rings. The number of aromatic amines is 2. The predicted octanol–water partition coefficient (Wildman–Crippen LogP) is 1.97. The van der Waals surface area contributed by atoms with Crippen molar-refractivity contribution >= 4 is 5.91 Å². The van der Waals surface area contributed by atoms with E-state index in [4.69, 9.17) is 5.21 Å². The molecule has 27 heavy (non-hydrogen) atoms. The first kappa shape index (κ1) is 16.6. The van der Waals surface area contributed by atoms with Crippen molar-refractivity contribution in [3.63, 3.8) is 0 Å². The minimum absolute atomic E-state index is 0.0271. The second-order valence-corrected chi connectivity index (χ2v) is 5.83. The van der Waals surface area contributed by atoms with Gasteiger partial charge in [-0.1, -0.05) is 48.5 Å². The monoisotopic (exact) mass is 361 g/mol. The molecule has 9 heteroatoms. The molecule has 0 bridgehead atoms. The van der Waals surface area contributed by atoms with E-state index in [-0.39, 0.29) is 6.42 Å². The number of hydrogen-bond donors (Lipinski definition) is 4. The Morgan fingerprint density at radius 1 is 1.00 bits per heavy atom. The molecule has 2 aromatic carbocycles. The highest BCUT2D eigenvalue weighted by Crippen LogP contribution is 2.32. The van der Waals surface area contributed by atoms with Crippen molar-refractivity contribution in [3.05, 3.63) is 60.2 Å². The third-order valence-electron chi connectivity index (χ3n) is 4.15. The van der Waals surface area contributed by atoms with Crippen LogP contribution in [0, 0.1) is 0 Å². The smallest absolute Gasteiger partial charge is 0.247 e. The molecule has 9 nitrogen and oxygen atoms in total. The van der Waals surface area contributed by atoms with Crippen LogP contribution in [0.5, 0.6) is 0 Å². The number of amides is 1. The standard InChI is InChI=1S/C18H15N7O2/c26-15(23-27)10-14-16(11-5-2-1-3-6-11)19-20-17(14)12-7-4-8-13(9-12)18-21-24-25-22-18/h1-9,27H,10H2,(H,19,20)(H,23,26)(H,21,22,24,25). The Labute approximate surface area is 153 Å². The maximum atomic E-state index is 11.9. The lowest BCUT2D eigenvalue weighted by Gasteiger charge is -2.06. The van der Waals surface area contributed by atoms with Crippen molar-refractivity contribution in [1.82, 2.24) is 36.3 Å². The van der Waals surface area contributed by atoms with Gasteiger partial charge >= 0.3 is 0 Å². The Morgan fingerprint density at radius 3 is 2.52 bits per heavy atom. The van der Waals surface area contributed by atoms with Gasteiger partial charge in [0.15, 0.2) is 5.82 Å². The lowest BCUT2D eigenvalue weighted by molar-refractivity contribution is -0.128. The highest BCUT2D eigenvalue weighted by atomic mass is 16.5. The topological polar surface area (TPSA) is 132 Å². The van der Waals surface area contributed by atoms with Gasteiger partial charge in [-0.3, -0.25) is 15.1 Å². The van der Waals surface area contributed by atoms with Gasteiger partial charge in [0.25, 0.3) is 0 Å². The maximum Gasteiger partial charge on any atom is 0.247 e. The number of hydrogen-bond acceptors (Lipinski definition) is 6. The minimum atomic E-state index is -0.523. The van der Waals surface area contributed by atoms with Crippen molar-refractivity contribution in [3.8, 4) is 33.9 Å². The fraction of sp³-hybridized carbons (Fsp3) is 0.0556. The average Bonchev–Trinajstić information content (AvgIpc) is 3.39. The molecule has 4 rings (SSSR count). The third kappa shape index (κ3) is 3.31. The summed E-state index contributed by atoms with van der Waals surface area (Å²) in [6.07, 6.45) is -0.0271. The van der Waals surface area contributed by atoms with E-state index >= 15 is 0 Å². The van der Waals surface area contributed by atoms with Gasteiger partial charge in [-0.2, -0.15) is 5.10 Å². The molecule has 0 aliphatic heterocycles. The van der Waals surface area contributed by atoms with E-state index in [2.05, 4.69) is 30.8 Å². The van der Waals surface area contributed by atoms with Crippen molar-refractivity contribution in [2.75, 3.05) is 0 Å². The average molecular weight is 361 g/mol. The van der Waals surface area contributed by atoms with Crippen molar-refractivity contribution in [2.24, 2.45) is 0 Å². The van der Waals surface area contributed by atoms with Crippen LogP contribution in [0.4, 0.5) is 0 Å². The number of nitrogens with one attached hydrogen (secondary N) is 3. The number of hydroxylamine groups is 1. The van der Waals surface area contributed by atoms with Crippen LogP contribution in [-0.2, 0) is 11.2 Å². The van der Waals surface area contributed by atoms with E-state index in [0.29, 0.717) is 17.1 Å². The zero-order valence-corrected chi connectivity index (χ0v) is 14.0. The minimum Gasteiger partial charge on any atom is -0.289 e. The Bertz CT molecular complexity index is 1060. The number of carbonyl (C=O) groups excluding carboxylic acids is 1. The molecular weight excluding hydrogens is 346 g/mol. The molecule has 0 spiro atoms. The number of aromatic nitrogens is 6. The largest absolute Gasteiger partial charge is 0.289 e. The first-order valence-electron chi connectivity index (χ1n) is 8.16. The molecule has 4 aromatic rings. The molecule has 0 unspecified atom stereocenters. The fourth-order valence-corrected chi connectivity index (χ4v) is 2.91. The second kappa shape index (κ2) is 7.18. The Hall–Kier alpha value is -3.85. The number of H-pyrrole nitrogens is 2. The van der Waals surface area contributed by atoms with E-state index in [0.717, 1.165) is 22.4 Å². The summed E-state index contributed by atoms with van der Waals surface area (Å²) in [7, 11) is 0. The molecule has 4 N–H and O–H groups in total. The lowest BCUT2D eigenvalue weighted by Crippen LogP contribution is -2.21. The van der Waals surface area contributed by atoms with Gasteiger partial charge in [0.05, 0.1) is 17.8 Å². The van der Waals surface area contributed by atoms with Crippen LogP contribution >= 0.6 is 0 Å². The number of rotatable bonds is 5. The van der Waals surface area contributed by atoms with Crippen molar-refractivity contribution < 1.29 is 10.0 Å². The fourth-order valence-electron chi connectivity index (χ4n) is 2.91. The molecule has 2 aromatic heterocycles. The van der Waals surface area contributed by atoms with E-state index in [1.54, 1.807) is 5.48 Å². The van der Waals surface area contributed by atoms with Gasteiger partial charge in [0, 0.05) is 16.7 Å². The van der Waals surface area contributed by atoms with E-state index in [1.807, 2.05) is 54.6 Å². The Morgan fingerprint density at radius 2 is 1.78 bits per heavy atom. The van der Waals surface area contributed by atoms with Crippen LogP contribution < -0.4 is 5.48 Å². The summed E-state index contributed by atoms with van der Waals surface area (Å²) < 4.78 is 0. The van der Waals surface area contributed by atoms with E-state index < -0.39 is 5.91 Å². The molecule has 0 aliphatic rings. The van der Waals surface area contributed by atoms with Gasteiger partial charge in [0.2, 0.25) is 5.91 Å². The van der Waals surface area contributed by atoms with Gasteiger partial charge in [-0.15, -0.1) is 5.10 Å². The van der Waals surface area contributed by atoms with E-state index in [1.165, 1.54) is 0 Å². The molecule has 0 saturated carbocycles. The highest BCUT2D eigenvalue weighted by Gasteiger charge is 2.19. The van der Waals surface area contributed by atoms with Crippen LogP contribution in [-0.4, -0.2) is 41.9 Å². The Balaban J connectivity index is 1.82. The zero-order chi connectivity index (χ0) is 18.6. The Kier molecular flexibility index (Phi) is 4.42. The molecule has 0 aliphatic carbocycles. The summed E-state index contributed by atoms with van der Waals surface area (Å²) >= 11 is 0. The zero-order valence-electron chi connectivity index (χ0n) is 14.0. The summed E-state index contributed by atoms with van der Waals surface area (Å²) in [5.74, 6) is 0.00994. The number of tetrazole rings is 1. The maximum absolute atomic E-state index is 11.9. The summed E-state index contributed by atoms with van der Waals surface area (Å²) in [5.41, 5.74) is 6.19. The molecule has 134 valence electrons. The van der Waals surface area contributed by atoms with Gasteiger partial charge in [-0.05, 0) is 22.1 Å². The summed E-state index contributed by atoms with van der Waals surface area (Å²) in [6.45, 7) is 0. The van der Waals surface area contributed by atoms with E-state index in [9.17, 15) is 4.79 Å². The molecule has 1 amide bonds. The summed E-state index contributed by atoms with van der Waals surface area (Å²) in [4.78, 5) is 11.9. The summed E-state index contributed by atoms with van der Waals surface area (Å²) in [6, 6.07) is 17.1. The highest BCUT2D eigenvalue weighted by molar-refractivity contribution is 5.85. The van der Waals surface area contributed by atoms with Crippen molar-refractivity contribution in [2.45, 2.75) is 6.42 Å². The van der Waals surface area contributed by atoms with Crippen molar-refractivity contribution in [1.29, 1.82) is 0 Å². The van der Waals surface area contributed by atoms with Crippen LogP contribution in [0.15, 0.2) is 54.6 Å². The molecular formula is C18H15N7O2. The quantitative estimate of drug-likeness (QED) is 0.317. The normalized spacial score (nSPS) is 10.7. The molecule has 0 atom stereocenters. The molecule has 0 radical (unpaired) electrons. The van der Waals surface area contributed by atoms with Crippen LogP contribution in [0.3, 0.4) is 0 Å². The van der Waals surface area contributed by atoms with Crippen LogP contribution in [0.2, 0.25) is 0 Å².